The Morgan fingerprint density at radius 1 is 1.44 bits per heavy atom. The number of anilines is 1. The minimum Gasteiger partial charge on any atom is -0.354 e. The van der Waals surface area contributed by atoms with E-state index in [4.69, 9.17) is 16.7 Å². The number of halogens is 1. The summed E-state index contributed by atoms with van der Waals surface area (Å²) < 4.78 is 4.14. The summed E-state index contributed by atoms with van der Waals surface area (Å²) in [6.45, 7) is 9.72. The third-order valence-electron chi connectivity index (χ3n) is 5.46. The summed E-state index contributed by atoms with van der Waals surface area (Å²) in [6, 6.07) is 2.56. The number of nitrogens with zero attached hydrogens (tertiary/aromatic N) is 5. The van der Waals surface area contributed by atoms with Crippen molar-refractivity contribution in [2.75, 3.05) is 24.5 Å². The lowest BCUT2D eigenvalue weighted by atomic mass is 9.60. The maximum Gasteiger partial charge on any atom is 0.156 e. The highest BCUT2D eigenvalue weighted by molar-refractivity contribution is 7.94. The second-order valence-corrected chi connectivity index (χ2v) is 9.08. The first kappa shape index (κ1) is 17.4. The molecule has 2 aromatic rings. The molecule has 3 heterocycles. The molecule has 2 fully saturated rings. The van der Waals surface area contributed by atoms with Crippen LogP contribution in [0.4, 0.5) is 5.82 Å². The van der Waals surface area contributed by atoms with Crippen molar-refractivity contribution in [3.63, 3.8) is 0 Å². The second kappa shape index (κ2) is 6.30. The van der Waals surface area contributed by atoms with E-state index in [1.807, 2.05) is 6.07 Å². The van der Waals surface area contributed by atoms with Crippen LogP contribution in [0.15, 0.2) is 12.4 Å². The summed E-state index contributed by atoms with van der Waals surface area (Å²) in [5, 5.41) is 10.8. The lowest BCUT2D eigenvalue weighted by Gasteiger charge is -2.61. The molecule has 1 spiro atoms. The smallest absolute Gasteiger partial charge is 0.156 e. The van der Waals surface area contributed by atoms with Crippen LogP contribution in [0.3, 0.4) is 0 Å². The number of aryl methyl sites for hydroxylation is 1. The lowest BCUT2D eigenvalue weighted by molar-refractivity contribution is 0.0142. The predicted molar refractivity (Wildman–Crippen MR) is 104 cm³/mol. The van der Waals surface area contributed by atoms with Gasteiger partial charge in [0.15, 0.2) is 5.82 Å². The van der Waals surface area contributed by atoms with E-state index in [2.05, 4.69) is 40.1 Å². The van der Waals surface area contributed by atoms with Gasteiger partial charge in [-0.25, -0.2) is 13.8 Å². The van der Waals surface area contributed by atoms with Crippen LogP contribution in [0.5, 0.6) is 0 Å². The first-order chi connectivity index (χ1) is 11.9. The van der Waals surface area contributed by atoms with Crippen LogP contribution in [-0.4, -0.2) is 44.6 Å². The predicted octanol–water partition coefficient (Wildman–Crippen LogP) is 3.14. The van der Waals surface area contributed by atoms with Gasteiger partial charge in [0, 0.05) is 43.2 Å². The zero-order chi connectivity index (χ0) is 17.8. The SMILES string of the molecule is Cc1cc(Cl)n2ncnc(N3CC4(CC(N(CC(C)C)SN)C4)C3)c12. The van der Waals surface area contributed by atoms with Gasteiger partial charge < -0.3 is 4.90 Å². The van der Waals surface area contributed by atoms with Gasteiger partial charge in [0.25, 0.3) is 0 Å². The molecule has 6 nitrogen and oxygen atoms in total. The third-order valence-corrected chi connectivity index (χ3v) is 6.45. The largest absolute Gasteiger partial charge is 0.354 e. The van der Waals surface area contributed by atoms with E-state index in [-0.39, 0.29) is 0 Å². The van der Waals surface area contributed by atoms with Crippen LogP contribution in [0.2, 0.25) is 5.15 Å². The molecule has 136 valence electrons. The van der Waals surface area contributed by atoms with Gasteiger partial charge >= 0.3 is 0 Å². The topological polar surface area (TPSA) is 62.7 Å². The Bertz CT molecular complexity index is 777. The molecule has 0 atom stereocenters. The van der Waals surface area contributed by atoms with E-state index >= 15 is 0 Å². The molecule has 1 saturated heterocycles. The van der Waals surface area contributed by atoms with Crippen molar-refractivity contribution in [2.24, 2.45) is 16.5 Å². The van der Waals surface area contributed by atoms with Crippen molar-refractivity contribution >= 4 is 35.1 Å². The molecule has 1 saturated carbocycles. The fraction of sp³-hybridized carbons (Fsp3) is 0.647. The molecule has 2 N–H and O–H groups in total. The number of hydrogen-bond acceptors (Lipinski definition) is 6. The van der Waals surface area contributed by atoms with Crippen LogP contribution >= 0.6 is 23.7 Å². The van der Waals surface area contributed by atoms with Crippen molar-refractivity contribution in [1.82, 2.24) is 18.9 Å². The van der Waals surface area contributed by atoms with E-state index in [0.29, 0.717) is 22.5 Å². The molecule has 4 rings (SSSR count). The zero-order valence-electron chi connectivity index (χ0n) is 14.9. The van der Waals surface area contributed by atoms with Gasteiger partial charge in [-0.1, -0.05) is 25.4 Å². The Labute approximate surface area is 158 Å². The minimum absolute atomic E-state index is 0.432. The molecular formula is C17H25ClN6S. The maximum atomic E-state index is 6.26. The Hall–Kier alpha value is -1.02. The van der Waals surface area contributed by atoms with Crippen molar-refractivity contribution in [2.45, 2.75) is 39.7 Å². The van der Waals surface area contributed by atoms with Crippen LogP contribution in [0.25, 0.3) is 5.52 Å². The average Bonchev–Trinajstić information content (AvgIpc) is 2.78. The Morgan fingerprint density at radius 2 is 2.16 bits per heavy atom. The van der Waals surface area contributed by atoms with Crippen LogP contribution in [0.1, 0.15) is 32.3 Å². The van der Waals surface area contributed by atoms with E-state index in [1.165, 1.54) is 25.0 Å². The summed E-state index contributed by atoms with van der Waals surface area (Å²) >= 11 is 7.66. The van der Waals surface area contributed by atoms with E-state index in [1.54, 1.807) is 10.8 Å². The highest BCUT2D eigenvalue weighted by Crippen LogP contribution is 2.52. The Balaban J connectivity index is 1.44. The first-order valence-electron chi connectivity index (χ1n) is 8.80. The van der Waals surface area contributed by atoms with Crippen molar-refractivity contribution in [3.05, 3.63) is 23.1 Å². The number of aromatic nitrogens is 3. The molecule has 25 heavy (non-hydrogen) atoms. The van der Waals surface area contributed by atoms with Gasteiger partial charge in [-0.15, -0.1) is 0 Å². The van der Waals surface area contributed by atoms with E-state index in [0.717, 1.165) is 36.5 Å². The summed E-state index contributed by atoms with van der Waals surface area (Å²) in [5.74, 6) is 1.64. The third kappa shape index (κ3) is 2.91. The average molecular weight is 381 g/mol. The molecule has 8 heteroatoms. The molecule has 1 aliphatic heterocycles. The summed E-state index contributed by atoms with van der Waals surface area (Å²) in [5.41, 5.74) is 2.58. The molecule has 2 aliphatic rings. The number of fused-ring (bicyclic) bond motifs is 1. The van der Waals surface area contributed by atoms with Gasteiger partial charge in [-0.2, -0.15) is 5.10 Å². The summed E-state index contributed by atoms with van der Waals surface area (Å²) in [6.07, 6.45) is 4.04. The first-order valence-corrected chi connectivity index (χ1v) is 10.0. The number of rotatable bonds is 5. The molecule has 1 aliphatic carbocycles. The molecule has 0 radical (unpaired) electrons. The van der Waals surface area contributed by atoms with E-state index in [9.17, 15) is 0 Å². The highest BCUT2D eigenvalue weighted by atomic mass is 35.5. The number of nitrogens with two attached hydrogens (primary N) is 1. The van der Waals surface area contributed by atoms with Gasteiger partial charge in [-0.05, 0) is 37.3 Å². The monoisotopic (exact) mass is 380 g/mol. The minimum atomic E-state index is 0.432. The molecule has 0 amide bonds. The van der Waals surface area contributed by atoms with Gasteiger partial charge in [0.1, 0.15) is 17.0 Å². The van der Waals surface area contributed by atoms with Gasteiger partial charge in [-0.3, -0.25) is 5.14 Å². The van der Waals surface area contributed by atoms with Crippen molar-refractivity contribution < 1.29 is 0 Å². The van der Waals surface area contributed by atoms with Crippen LogP contribution in [-0.2, 0) is 0 Å². The maximum absolute atomic E-state index is 6.26. The van der Waals surface area contributed by atoms with Crippen LogP contribution < -0.4 is 10.0 Å². The second-order valence-electron chi connectivity index (χ2n) is 8.01. The molecular weight excluding hydrogens is 356 g/mol. The standard InChI is InChI=1S/C17H25ClN6S/c1-11(2)7-23(25-19)13-5-17(6-13)8-22(9-17)16-15-12(3)4-14(18)24(15)21-10-20-16/h4,10-11,13H,5-9,19H2,1-3H3. The fourth-order valence-electron chi connectivity index (χ4n) is 4.34. The number of hydrogen-bond donors (Lipinski definition) is 1. The normalized spacial score (nSPS) is 19.9. The van der Waals surface area contributed by atoms with Gasteiger partial charge in [0.2, 0.25) is 0 Å². The van der Waals surface area contributed by atoms with Crippen molar-refractivity contribution in [1.29, 1.82) is 0 Å². The Kier molecular flexibility index (Phi) is 4.38. The molecule has 0 unspecified atom stereocenters. The van der Waals surface area contributed by atoms with Crippen molar-refractivity contribution in [3.8, 4) is 0 Å². The lowest BCUT2D eigenvalue weighted by Crippen LogP contribution is -2.66. The Morgan fingerprint density at radius 3 is 2.80 bits per heavy atom. The fourth-order valence-corrected chi connectivity index (χ4v) is 5.34. The zero-order valence-corrected chi connectivity index (χ0v) is 16.5. The van der Waals surface area contributed by atoms with Crippen LogP contribution in [0, 0.1) is 18.3 Å². The quantitative estimate of drug-likeness (QED) is 0.804. The highest BCUT2D eigenvalue weighted by Gasteiger charge is 2.54. The molecule has 0 aromatic carbocycles. The summed E-state index contributed by atoms with van der Waals surface area (Å²) in [7, 11) is 0. The molecule has 0 bridgehead atoms. The van der Waals surface area contributed by atoms with Gasteiger partial charge in [0.05, 0.1) is 0 Å². The molecule has 2 aromatic heterocycles. The van der Waals surface area contributed by atoms with E-state index < -0.39 is 0 Å². The summed E-state index contributed by atoms with van der Waals surface area (Å²) in [4.78, 5) is 6.90.